The van der Waals surface area contributed by atoms with Crippen molar-refractivity contribution in [3.05, 3.63) is 80.0 Å². The number of rotatable bonds is 7. The molecule has 1 aliphatic rings. The number of benzene rings is 1. The van der Waals surface area contributed by atoms with Gasteiger partial charge in [-0.1, -0.05) is 37.3 Å². The molecule has 2 heterocycles. The average molecular weight is 503 g/mol. The Balaban J connectivity index is 1.57. The zero-order valence-corrected chi connectivity index (χ0v) is 19.8. The van der Waals surface area contributed by atoms with Crippen LogP contribution >= 0.6 is 11.6 Å². The second-order valence-electron chi connectivity index (χ2n) is 8.80. The molecule has 0 bridgehead atoms. The molecule has 4 rings (SSSR count). The Kier molecular flexibility index (Phi) is 7.54. The van der Waals surface area contributed by atoms with Gasteiger partial charge in [0, 0.05) is 6.54 Å². The summed E-state index contributed by atoms with van der Waals surface area (Å²) in [5.41, 5.74) is -2.15. The van der Waals surface area contributed by atoms with Gasteiger partial charge in [0.15, 0.2) is 0 Å². The van der Waals surface area contributed by atoms with E-state index in [9.17, 15) is 24.6 Å². The number of aromatic nitrogens is 3. The predicted molar refractivity (Wildman–Crippen MR) is 128 cm³/mol. The summed E-state index contributed by atoms with van der Waals surface area (Å²) in [6.07, 6.45) is 6.28. The number of aliphatic hydroxyl groups excluding tert-OH is 1. The van der Waals surface area contributed by atoms with Crippen molar-refractivity contribution < 1.29 is 19.4 Å². The van der Waals surface area contributed by atoms with Gasteiger partial charge in [0.05, 0.1) is 34.7 Å². The Morgan fingerprint density at radius 1 is 1.20 bits per heavy atom. The van der Waals surface area contributed by atoms with Crippen LogP contribution < -0.4 is 16.6 Å². The third kappa shape index (κ3) is 5.72. The number of amides is 1. The Labute approximate surface area is 205 Å². The smallest absolute Gasteiger partial charge is 0.352 e. The third-order valence-electron chi connectivity index (χ3n) is 6.24. The SMILES string of the molecule is O=C(NCC1(O)CCCCCC1)c1cc(-n2ncc(=O)n(CC(O)c3ccco3)c2=O)ccc1Cl. The number of nitrogens with one attached hydrogen (secondary N) is 1. The first-order valence-electron chi connectivity index (χ1n) is 11.5. The summed E-state index contributed by atoms with van der Waals surface area (Å²) >= 11 is 6.25. The fraction of sp³-hybridized carbons (Fsp3) is 0.417. The number of carbonyl (C=O) groups is 1. The van der Waals surface area contributed by atoms with E-state index in [-0.39, 0.29) is 35.1 Å². The fourth-order valence-electron chi connectivity index (χ4n) is 4.25. The normalized spacial score (nSPS) is 16.4. The Morgan fingerprint density at radius 3 is 2.63 bits per heavy atom. The van der Waals surface area contributed by atoms with Crippen LogP contribution in [-0.4, -0.2) is 42.6 Å². The van der Waals surface area contributed by atoms with Gasteiger partial charge >= 0.3 is 5.69 Å². The fourth-order valence-corrected chi connectivity index (χ4v) is 4.45. The highest BCUT2D eigenvalue weighted by atomic mass is 35.5. The van der Waals surface area contributed by atoms with E-state index >= 15 is 0 Å². The van der Waals surface area contributed by atoms with Crippen molar-refractivity contribution in [2.24, 2.45) is 0 Å². The lowest BCUT2D eigenvalue weighted by Gasteiger charge is -2.26. The van der Waals surface area contributed by atoms with Crippen LogP contribution in [0.2, 0.25) is 5.02 Å². The Bertz CT molecular complexity index is 1290. The topological polar surface area (TPSA) is 140 Å². The molecule has 1 amide bonds. The lowest BCUT2D eigenvalue weighted by molar-refractivity contribution is 0.0246. The van der Waals surface area contributed by atoms with E-state index in [0.29, 0.717) is 12.8 Å². The summed E-state index contributed by atoms with van der Waals surface area (Å²) in [7, 11) is 0. The minimum atomic E-state index is -1.22. The maximum atomic E-state index is 13.0. The maximum absolute atomic E-state index is 13.0. The van der Waals surface area contributed by atoms with Gasteiger partial charge in [0.1, 0.15) is 18.1 Å². The molecule has 0 radical (unpaired) electrons. The molecule has 186 valence electrons. The number of aliphatic hydroxyl groups is 2. The summed E-state index contributed by atoms with van der Waals surface area (Å²) in [6.45, 7) is -0.243. The summed E-state index contributed by atoms with van der Waals surface area (Å²) < 4.78 is 6.91. The van der Waals surface area contributed by atoms with Gasteiger partial charge in [-0.05, 0) is 43.2 Å². The van der Waals surface area contributed by atoms with Crippen LogP contribution in [0, 0.1) is 0 Å². The Morgan fingerprint density at radius 2 is 1.94 bits per heavy atom. The molecule has 2 aromatic heterocycles. The van der Waals surface area contributed by atoms with Crippen molar-refractivity contribution >= 4 is 17.5 Å². The molecular formula is C24H27ClN4O6. The van der Waals surface area contributed by atoms with Crippen LogP contribution in [0.5, 0.6) is 0 Å². The minimum absolute atomic E-state index is 0.0974. The molecule has 1 aliphatic carbocycles. The van der Waals surface area contributed by atoms with Crippen LogP contribution in [0.1, 0.15) is 60.7 Å². The molecule has 3 N–H and O–H groups in total. The molecule has 1 aromatic carbocycles. The summed E-state index contributed by atoms with van der Waals surface area (Å²) in [5, 5.41) is 28.0. The molecule has 0 saturated heterocycles. The standard InChI is InChI=1S/C24H27ClN4O6/c25-18-8-7-16(12-17(18)22(32)26-15-24(34)9-3-1-2-4-10-24)29-23(33)28(21(31)13-27-29)14-19(30)20-6-5-11-35-20/h5-8,11-13,19,30,34H,1-4,9-10,14-15H2,(H,26,32). The van der Waals surface area contributed by atoms with Crippen LogP contribution in [-0.2, 0) is 6.54 Å². The van der Waals surface area contributed by atoms with Gasteiger partial charge in [0.2, 0.25) is 0 Å². The Hall–Kier alpha value is -3.21. The van der Waals surface area contributed by atoms with E-state index in [2.05, 4.69) is 10.4 Å². The van der Waals surface area contributed by atoms with E-state index in [1.807, 2.05) is 0 Å². The highest BCUT2D eigenvalue weighted by Crippen LogP contribution is 2.27. The maximum Gasteiger partial charge on any atom is 0.352 e. The van der Waals surface area contributed by atoms with Gasteiger partial charge in [-0.25, -0.2) is 4.79 Å². The van der Waals surface area contributed by atoms with E-state index in [1.165, 1.54) is 30.5 Å². The second-order valence-corrected chi connectivity index (χ2v) is 9.21. The number of hydrogen-bond acceptors (Lipinski definition) is 7. The first kappa shape index (κ1) is 24.9. The molecule has 3 aromatic rings. The van der Waals surface area contributed by atoms with Crippen LogP contribution in [0.3, 0.4) is 0 Å². The summed E-state index contributed by atoms with van der Waals surface area (Å²) in [6, 6.07) is 7.45. The first-order chi connectivity index (χ1) is 16.8. The van der Waals surface area contributed by atoms with Crippen LogP contribution in [0.25, 0.3) is 5.69 Å². The van der Waals surface area contributed by atoms with Crippen molar-refractivity contribution in [1.29, 1.82) is 0 Å². The van der Waals surface area contributed by atoms with Gasteiger partial charge in [-0.2, -0.15) is 9.78 Å². The van der Waals surface area contributed by atoms with E-state index in [1.54, 1.807) is 6.07 Å². The van der Waals surface area contributed by atoms with Crippen LogP contribution in [0.15, 0.2) is 56.8 Å². The molecule has 10 nitrogen and oxygen atoms in total. The first-order valence-corrected chi connectivity index (χ1v) is 11.9. The number of halogens is 1. The van der Waals surface area contributed by atoms with Crippen molar-refractivity contribution in [2.75, 3.05) is 6.54 Å². The zero-order valence-electron chi connectivity index (χ0n) is 19.0. The zero-order chi connectivity index (χ0) is 25.0. The lowest BCUT2D eigenvalue weighted by atomic mass is 9.94. The van der Waals surface area contributed by atoms with Crippen molar-refractivity contribution in [1.82, 2.24) is 19.7 Å². The van der Waals surface area contributed by atoms with Gasteiger partial charge in [-0.15, -0.1) is 0 Å². The second kappa shape index (κ2) is 10.6. The summed E-state index contributed by atoms with van der Waals surface area (Å²) in [5.74, 6) is -0.287. The van der Waals surface area contributed by atoms with E-state index in [4.69, 9.17) is 16.0 Å². The quantitative estimate of drug-likeness (QED) is 0.421. The number of furan rings is 1. The lowest BCUT2D eigenvalue weighted by Crippen LogP contribution is -2.43. The molecule has 1 saturated carbocycles. The predicted octanol–water partition coefficient (Wildman–Crippen LogP) is 2.19. The van der Waals surface area contributed by atoms with Gasteiger partial charge < -0.3 is 19.9 Å². The molecule has 1 atom stereocenters. The monoisotopic (exact) mass is 502 g/mol. The molecule has 0 aliphatic heterocycles. The molecule has 11 heteroatoms. The van der Waals surface area contributed by atoms with Crippen molar-refractivity contribution in [3.63, 3.8) is 0 Å². The molecule has 35 heavy (non-hydrogen) atoms. The summed E-state index contributed by atoms with van der Waals surface area (Å²) in [4.78, 5) is 38.2. The number of hydrogen-bond donors (Lipinski definition) is 3. The largest absolute Gasteiger partial charge is 0.467 e. The van der Waals surface area contributed by atoms with Crippen molar-refractivity contribution in [3.8, 4) is 5.69 Å². The van der Waals surface area contributed by atoms with Gasteiger partial charge in [-0.3, -0.25) is 14.2 Å². The number of nitrogens with zero attached hydrogens (tertiary/aromatic N) is 3. The van der Waals surface area contributed by atoms with Crippen LogP contribution in [0.4, 0.5) is 0 Å². The highest BCUT2D eigenvalue weighted by Gasteiger charge is 2.29. The third-order valence-corrected chi connectivity index (χ3v) is 6.57. The number of carbonyl (C=O) groups excluding carboxylic acids is 1. The molecule has 0 spiro atoms. The van der Waals surface area contributed by atoms with Gasteiger partial charge in [0.25, 0.3) is 11.5 Å². The van der Waals surface area contributed by atoms with E-state index < -0.39 is 28.9 Å². The minimum Gasteiger partial charge on any atom is -0.467 e. The van der Waals surface area contributed by atoms with E-state index in [0.717, 1.165) is 41.1 Å². The highest BCUT2D eigenvalue weighted by molar-refractivity contribution is 6.33. The molecule has 1 fully saturated rings. The molecular weight excluding hydrogens is 476 g/mol. The average Bonchev–Trinajstić information content (AvgIpc) is 3.30. The van der Waals surface area contributed by atoms with Crippen molar-refractivity contribution in [2.45, 2.75) is 56.8 Å². The molecule has 1 unspecified atom stereocenters.